The lowest BCUT2D eigenvalue weighted by Gasteiger charge is -2.46. The van der Waals surface area contributed by atoms with Crippen molar-refractivity contribution in [3.8, 4) is 44.9 Å². The van der Waals surface area contributed by atoms with Gasteiger partial charge in [-0.3, -0.25) is 0 Å². The maximum absolute atomic E-state index is 8.23. The van der Waals surface area contributed by atoms with Gasteiger partial charge in [-0.05, 0) is 146 Å². The molecule has 0 unspecified atom stereocenters. The fraction of sp³-hybridized carbons (Fsp3) is 0. The van der Waals surface area contributed by atoms with E-state index in [0.717, 1.165) is 146 Å². The first-order chi connectivity index (χ1) is 45.7. The predicted molar refractivity (Wildman–Crippen MR) is 385 cm³/mol. The number of hydrogen-bond acceptors (Lipinski definition) is 6. The molecule has 0 bridgehead atoms. The molecule has 0 aliphatic carbocycles. The van der Waals surface area contributed by atoms with Crippen molar-refractivity contribution in [2.24, 2.45) is 0 Å². The highest BCUT2D eigenvalue weighted by atomic mass is 16.5. The summed E-state index contributed by atoms with van der Waals surface area (Å²) in [7, 11) is 0. The Bertz CT molecular complexity index is 5310. The van der Waals surface area contributed by atoms with Crippen LogP contribution in [0.4, 0.5) is 68.2 Å². The molecule has 0 N–H and O–H groups in total. The highest BCUT2D eigenvalue weighted by Crippen LogP contribution is 2.56. The number of benzene rings is 14. The van der Waals surface area contributed by atoms with Gasteiger partial charge in [0.2, 0.25) is 0 Å². The predicted octanol–water partition coefficient (Wildman–Crippen LogP) is 18.5. The topological polar surface area (TPSA) is 35.3 Å². The highest BCUT2D eigenvalue weighted by Gasteiger charge is 2.50. The van der Waals surface area contributed by atoms with Gasteiger partial charge in [-0.1, -0.05) is 231 Å². The van der Waals surface area contributed by atoms with Crippen LogP contribution in [-0.2, 0) is 0 Å². The second-order valence-corrected chi connectivity index (χ2v) is 24.2. The van der Waals surface area contributed by atoms with Crippen molar-refractivity contribution in [3.63, 3.8) is 0 Å². The van der Waals surface area contributed by atoms with Crippen molar-refractivity contribution < 1.29 is 9.15 Å². The highest BCUT2D eigenvalue weighted by molar-refractivity contribution is 7.03. The van der Waals surface area contributed by atoms with Gasteiger partial charge in [0, 0.05) is 73.9 Å². The third-order valence-electron chi connectivity index (χ3n) is 19.2. The van der Waals surface area contributed by atoms with Gasteiger partial charge in [-0.25, -0.2) is 0 Å². The number of furan rings is 1. The summed E-state index contributed by atoms with van der Waals surface area (Å²) in [5.74, 6) is 1.56. The summed E-state index contributed by atoms with van der Waals surface area (Å²) < 4.78 is 15.8. The monoisotopic (exact) mass is 1170 g/mol. The smallest absolute Gasteiger partial charge is 0.256 e. The number of hydrogen-bond donors (Lipinski definition) is 0. The van der Waals surface area contributed by atoms with Crippen molar-refractivity contribution in [2.75, 3.05) is 19.6 Å². The molecule has 8 heteroatoms. The van der Waals surface area contributed by atoms with E-state index in [4.69, 9.17) is 9.15 Å². The molecule has 92 heavy (non-hydrogen) atoms. The van der Waals surface area contributed by atoms with E-state index in [0.29, 0.717) is 0 Å². The van der Waals surface area contributed by atoms with E-state index < -0.39 is 0 Å². The largest absolute Gasteiger partial charge is 0.457 e. The Kier molecular flexibility index (Phi) is 11.8. The zero-order valence-corrected chi connectivity index (χ0v) is 49.9. The molecule has 4 aliphatic heterocycles. The minimum Gasteiger partial charge on any atom is -0.457 e. The number of anilines is 12. The van der Waals surface area contributed by atoms with E-state index in [1.807, 2.05) is 0 Å². The van der Waals surface area contributed by atoms with E-state index in [9.17, 15) is 0 Å². The van der Waals surface area contributed by atoms with Crippen LogP contribution in [0.3, 0.4) is 0 Å². The summed E-state index contributed by atoms with van der Waals surface area (Å²) in [5, 5.41) is 2.08. The number of nitrogens with zero attached hydrogens (tertiary/aromatic N) is 4. The second kappa shape index (κ2) is 20.8. The van der Waals surface area contributed by atoms with Crippen LogP contribution in [0, 0.1) is 0 Å². The Hall–Kier alpha value is -12.0. The van der Waals surface area contributed by atoms with Crippen LogP contribution in [-0.4, -0.2) is 13.4 Å². The van der Waals surface area contributed by atoms with E-state index in [1.165, 1.54) is 21.9 Å². The first kappa shape index (κ1) is 52.0. The average Bonchev–Trinajstić information content (AvgIpc) is 0.772. The Morgan fingerprint density at radius 1 is 0.315 bits per heavy atom. The van der Waals surface area contributed by atoms with Gasteiger partial charge in [-0.2, -0.15) is 0 Å². The molecule has 0 radical (unpaired) electrons. The van der Waals surface area contributed by atoms with Gasteiger partial charge in [0.05, 0.1) is 22.3 Å². The molecule has 15 aromatic rings. The number of fused-ring (bicyclic) bond motifs is 12. The molecule has 428 valence electrons. The van der Waals surface area contributed by atoms with Gasteiger partial charge in [0.1, 0.15) is 22.7 Å². The molecular weight excluding hydrogens is 1120 g/mol. The summed E-state index contributed by atoms with van der Waals surface area (Å²) in [6.45, 7) is -0.501. The SMILES string of the molecule is c1ccc(-c2cccc(-c3ccccc3)c2-c2c3c4c(c5c2oc2ccccc25)N(c2ccccc2)c2ccccc2B4c2cc4c(cc2O3)N(c2ccccc2)c2cc(N(c3ccccc3)c3ccccc3)cc3c2B4c2ccccc2N3c2ccccc2)cc1. The molecule has 5 heterocycles. The molecule has 14 aromatic carbocycles. The van der Waals surface area contributed by atoms with Crippen molar-refractivity contribution in [2.45, 2.75) is 0 Å². The molecule has 0 saturated heterocycles. The van der Waals surface area contributed by atoms with Crippen LogP contribution in [0.2, 0.25) is 0 Å². The molecule has 0 atom stereocenters. The van der Waals surface area contributed by atoms with Crippen LogP contribution in [0.1, 0.15) is 0 Å². The summed E-state index contributed by atoms with van der Waals surface area (Å²) in [5.41, 5.74) is 27.8. The van der Waals surface area contributed by atoms with Crippen molar-refractivity contribution in [1.29, 1.82) is 0 Å². The van der Waals surface area contributed by atoms with Crippen LogP contribution < -0.4 is 57.1 Å². The van der Waals surface area contributed by atoms with Crippen molar-refractivity contribution in [1.82, 2.24) is 0 Å². The first-order valence-electron chi connectivity index (χ1n) is 31.6. The fourth-order valence-corrected chi connectivity index (χ4v) is 15.5. The van der Waals surface area contributed by atoms with Gasteiger partial charge < -0.3 is 28.8 Å². The third kappa shape index (κ3) is 7.83. The lowest BCUT2D eigenvalue weighted by atomic mass is 9.30. The Morgan fingerprint density at radius 3 is 1.34 bits per heavy atom. The Labute approximate surface area is 534 Å². The summed E-state index contributed by atoms with van der Waals surface area (Å²) in [6, 6.07) is 119. The maximum Gasteiger partial charge on any atom is 0.256 e. The Balaban J connectivity index is 0.955. The molecule has 6 nitrogen and oxygen atoms in total. The maximum atomic E-state index is 8.23. The molecule has 4 aliphatic rings. The molecule has 19 rings (SSSR count). The van der Waals surface area contributed by atoms with Gasteiger partial charge in [-0.15, -0.1) is 0 Å². The lowest BCUT2D eigenvalue weighted by molar-refractivity contribution is 0.489. The quantitative estimate of drug-likeness (QED) is 0.134. The molecular formula is C84H54B2N4O2. The number of para-hydroxylation sites is 8. The minimum atomic E-state index is -0.301. The van der Waals surface area contributed by atoms with E-state index in [2.05, 4.69) is 347 Å². The van der Waals surface area contributed by atoms with Crippen molar-refractivity contribution in [3.05, 3.63) is 328 Å². The lowest BCUT2D eigenvalue weighted by Crippen LogP contribution is -2.64. The minimum absolute atomic E-state index is 0.199. The molecule has 0 amide bonds. The summed E-state index contributed by atoms with van der Waals surface area (Å²) in [6.07, 6.45) is 0. The fourth-order valence-electron chi connectivity index (χ4n) is 15.5. The molecule has 0 fully saturated rings. The van der Waals surface area contributed by atoms with E-state index >= 15 is 0 Å². The van der Waals surface area contributed by atoms with Gasteiger partial charge >= 0.3 is 0 Å². The van der Waals surface area contributed by atoms with Gasteiger partial charge in [0.15, 0.2) is 0 Å². The number of rotatable bonds is 9. The van der Waals surface area contributed by atoms with Crippen LogP contribution >= 0.6 is 0 Å². The normalized spacial score (nSPS) is 13.0. The van der Waals surface area contributed by atoms with E-state index in [1.54, 1.807) is 0 Å². The van der Waals surface area contributed by atoms with E-state index in [-0.39, 0.29) is 13.4 Å². The van der Waals surface area contributed by atoms with Crippen LogP contribution in [0.5, 0.6) is 11.5 Å². The Morgan fingerprint density at radius 2 is 0.772 bits per heavy atom. The average molecular weight is 1170 g/mol. The summed E-state index contributed by atoms with van der Waals surface area (Å²) >= 11 is 0. The van der Waals surface area contributed by atoms with Crippen molar-refractivity contribution >= 4 is 136 Å². The number of ether oxygens (including phenoxy) is 1. The molecule has 0 saturated carbocycles. The van der Waals surface area contributed by atoms with Crippen LogP contribution in [0.15, 0.2) is 332 Å². The van der Waals surface area contributed by atoms with Gasteiger partial charge in [0.25, 0.3) is 13.4 Å². The molecule has 0 spiro atoms. The van der Waals surface area contributed by atoms with Crippen LogP contribution in [0.25, 0.3) is 55.3 Å². The third-order valence-corrected chi connectivity index (χ3v) is 19.2. The first-order valence-corrected chi connectivity index (χ1v) is 31.6. The standard InChI is InChI=1S/C84H54B2N4O2/c1-8-29-55(30-9-1)63-44-28-45-64(56-31-10-2-11-32-56)77(63)79-83-78(65-43-22-27-50-75(65)91-83)82-81-84(79)92-76-54-72-68(53-69(76)86(81)67-47-24-26-49-71(67)90(82)61-41-20-7-21-42-61)85-66-46-23-25-48-70(66)88(59-37-16-5-17-38-59)73-51-62(52-74(80(73)85)89(72)60-39-18-6-19-40-60)87(57-33-12-3-13-34-57)58-35-14-4-15-36-58/h1-54H. The summed E-state index contributed by atoms with van der Waals surface area (Å²) in [4.78, 5) is 9.88. The zero-order valence-electron chi connectivity index (χ0n) is 49.9. The molecule has 1 aromatic heterocycles. The second-order valence-electron chi connectivity index (χ2n) is 24.2. The zero-order chi connectivity index (χ0) is 60.4.